The van der Waals surface area contributed by atoms with Crippen LogP contribution in [0.15, 0.2) is 0 Å². The van der Waals surface area contributed by atoms with Gasteiger partial charge in [0.25, 0.3) is 0 Å². The van der Waals surface area contributed by atoms with Crippen LogP contribution in [0.3, 0.4) is 0 Å². The number of nitrogens with two attached hydrogens (primary N) is 1. The third kappa shape index (κ3) is 9.68. The summed E-state index contributed by atoms with van der Waals surface area (Å²) in [7, 11) is 0. The highest BCUT2D eigenvalue weighted by molar-refractivity contribution is 5.85. The first-order valence-electron chi connectivity index (χ1n) is 6.63. The zero-order chi connectivity index (χ0) is 13.3. The molecule has 0 aliphatic carbocycles. The number of carbonyl (C=O) groups excluding carboxylic acids is 1. The Morgan fingerprint density at radius 3 is 2.39 bits per heavy atom. The number of carbonyl (C=O) groups is 1. The summed E-state index contributed by atoms with van der Waals surface area (Å²) in [6.45, 7) is 9.25. The van der Waals surface area contributed by atoms with Gasteiger partial charge < -0.3 is 15.8 Å². The Kier molecular flexibility index (Phi) is 13.1. The Labute approximate surface area is 117 Å². The SMILES string of the molecule is CCCCOC(C)C(=O)NC(CN)CC(C)C.Cl. The largest absolute Gasteiger partial charge is 0.369 e. The normalized spacial score (nSPS) is 13.9. The Hall–Kier alpha value is -0.320. The van der Waals surface area contributed by atoms with E-state index in [1.165, 1.54) is 0 Å². The van der Waals surface area contributed by atoms with E-state index in [2.05, 4.69) is 26.1 Å². The van der Waals surface area contributed by atoms with Crippen LogP contribution in [0, 0.1) is 5.92 Å². The summed E-state index contributed by atoms with van der Waals surface area (Å²) in [4.78, 5) is 11.8. The van der Waals surface area contributed by atoms with Crippen molar-refractivity contribution in [3.8, 4) is 0 Å². The number of rotatable bonds is 9. The monoisotopic (exact) mass is 280 g/mol. The minimum absolute atomic E-state index is 0. The smallest absolute Gasteiger partial charge is 0.249 e. The van der Waals surface area contributed by atoms with Crippen LogP contribution in [0.1, 0.15) is 47.0 Å². The van der Waals surface area contributed by atoms with E-state index in [4.69, 9.17) is 10.5 Å². The van der Waals surface area contributed by atoms with Crippen molar-refractivity contribution >= 4 is 18.3 Å². The second-order valence-corrected chi connectivity index (χ2v) is 4.94. The third-order valence-electron chi connectivity index (χ3n) is 2.62. The van der Waals surface area contributed by atoms with Crippen LogP contribution in [0.4, 0.5) is 0 Å². The molecule has 0 saturated carbocycles. The molecule has 0 fully saturated rings. The van der Waals surface area contributed by atoms with Crippen LogP contribution >= 0.6 is 12.4 Å². The molecule has 0 rings (SSSR count). The van der Waals surface area contributed by atoms with Crippen LogP contribution in [0.25, 0.3) is 0 Å². The van der Waals surface area contributed by atoms with Crippen LogP contribution in [0.5, 0.6) is 0 Å². The van der Waals surface area contributed by atoms with Crippen molar-refractivity contribution in [1.29, 1.82) is 0 Å². The van der Waals surface area contributed by atoms with Crippen LogP contribution in [0.2, 0.25) is 0 Å². The lowest BCUT2D eigenvalue weighted by Gasteiger charge is -2.21. The van der Waals surface area contributed by atoms with Crippen molar-refractivity contribution in [2.75, 3.05) is 13.2 Å². The van der Waals surface area contributed by atoms with Crippen molar-refractivity contribution in [2.24, 2.45) is 11.7 Å². The number of hydrogen-bond donors (Lipinski definition) is 2. The summed E-state index contributed by atoms with van der Waals surface area (Å²) < 4.78 is 5.44. The van der Waals surface area contributed by atoms with Gasteiger partial charge in [-0.25, -0.2) is 0 Å². The highest BCUT2D eigenvalue weighted by Gasteiger charge is 2.17. The van der Waals surface area contributed by atoms with E-state index in [0.29, 0.717) is 19.1 Å². The second-order valence-electron chi connectivity index (χ2n) is 4.94. The average Bonchev–Trinajstić information content (AvgIpc) is 2.27. The Balaban J connectivity index is 0. The molecule has 4 nitrogen and oxygen atoms in total. The maximum Gasteiger partial charge on any atom is 0.249 e. The van der Waals surface area contributed by atoms with Gasteiger partial charge in [-0.05, 0) is 25.7 Å². The molecule has 0 aromatic rings. The van der Waals surface area contributed by atoms with Crippen molar-refractivity contribution in [3.05, 3.63) is 0 Å². The Morgan fingerprint density at radius 1 is 1.33 bits per heavy atom. The minimum Gasteiger partial charge on any atom is -0.369 e. The number of unbranched alkanes of at least 4 members (excludes halogenated alkanes) is 1. The van der Waals surface area contributed by atoms with Crippen molar-refractivity contribution < 1.29 is 9.53 Å². The maximum absolute atomic E-state index is 11.8. The summed E-state index contributed by atoms with van der Waals surface area (Å²) >= 11 is 0. The number of nitrogens with one attached hydrogen (secondary N) is 1. The van der Waals surface area contributed by atoms with Crippen molar-refractivity contribution in [1.82, 2.24) is 5.32 Å². The second kappa shape index (κ2) is 11.8. The fraction of sp³-hybridized carbons (Fsp3) is 0.923. The zero-order valence-electron chi connectivity index (χ0n) is 12.1. The highest BCUT2D eigenvalue weighted by Crippen LogP contribution is 2.04. The van der Waals surface area contributed by atoms with Gasteiger partial charge in [-0.1, -0.05) is 27.2 Å². The van der Waals surface area contributed by atoms with E-state index in [1.54, 1.807) is 6.92 Å². The molecule has 2 unspecified atom stereocenters. The molecule has 3 N–H and O–H groups in total. The summed E-state index contributed by atoms with van der Waals surface area (Å²) in [5, 5.41) is 2.94. The quantitative estimate of drug-likeness (QED) is 0.636. The number of amides is 1. The lowest BCUT2D eigenvalue weighted by molar-refractivity contribution is -0.132. The fourth-order valence-corrected chi connectivity index (χ4v) is 1.58. The van der Waals surface area contributed by atoms with Crippen LogP contribution in [-0.2, 0) is 9.53 Å². The van der Waals surface area contributed by atoms with Gasteiger partial charge in [-0.3, -0.25) is 4.79 Å². The third-order valence-corrected chi connectivity index (χ3v) is 2.62. The van der Waals surface area contributed by atoms with Crippen molar-refractivity contribution in [2.45, 2.75) is 59.1 Å². The van der Waals surface area contributed by atoms with E-state index in [1.807, 2.05) is 0 Å². The summed E-state index contributed by atoms with van der Waals surface area (Å²) in [6.07, 6.45) is 2.59. The van der Waals surface area contributed by atoms with Gasteiger partial charge in [0.2, 0.25) is 5.91 Å². The maximum atomic E-state index is 11.8. The lowest BCUT2D eigenvalue weighted by atomic mass is 10.0. The fourth-order valence-electron chi connectivity index (χ4n) is 1.58. The Morgan fingerprint density at radius 2 is 1.94 bits per heavy atom. The minimum atomic E-state index is -0.386. The number of ether oxygens (including phenoxy) is 1. The summed E-state index contributed by atoms with van der Waals surface area (Å²) in [5.74, 6) is 0.470. The van der Waals surface area contributed by atoms with Gasteiger partial charge in [-0.15, -0.1) is 12.4 Å². The molecule has 110 valence electrons. The molecule has 0 saturated heterocycles. The first-order valence-corrected chi connectivity index (χ1v) is 6.63. The molecule has 0 heterocycles. The van der Waals surface area contributed by atoms with Gasteiger partial charge in [0.1, 0.15) is 6.10 Å². The van der Waals surface area contributed by atoms with E-state index in [9.17, 15) is 4.79 Å². The van der Waals surface area contributed by atoms with Crippen molar-refractivity contribution in [3.63, 3.8) is 0 Å². The molecule has 0 aromatic heterocycles. The lowest BCUT2D eigenvalue weighted by Crippen LogP contribution is -2.45. The van der Waals surface area contributed by atoms with Gasteiger partial charge in [0, 0.05) is 19.2 Å². The molecule has 0 radical (unpaired) electrons. The average molecular weight is 281 g/mol. The first kappa shape index (κ1) is 20.0. The topological polar surface area (TPSA) is 64.3 Å². The number of hydrogen-bond acceptors (Lipinski definition) is 3. The predicted octanol–water partition coefficient (Wildman–Crippen LogP) is 2.10. The molecular formula is C13H29ClN2O2. The molecule has 2 atom stereocenters. The van der Waals surface area contributed by atoms with E-state index >= 15 is 0 Å². The number of halogens is 1. The van der Waals surface area contributed by atoms with E-state index in [0.717, 1.165) is 19.3 Å². The van der Waals surface area contributed by atoms with Gasteiger partial charge in [0.05, 0.1) is 0 Å². The molecule has 0 aromatic carbocycles. The van der Waals surface area contributed by atoms with E-state index < -0.39 is 0 Å². The molecule has 5 heteroatoms. The summed E-state index contributed by atoms with van der Waals surface area (Å²) in [6, 6.07) is 0.0553. The molecule has 0 spiro atoms. The molecular weight excluding hydrogens is 252 g/mol. The van der Waals surface area contributed by atoms with Crippen LogP contribution < -0.4 is 11.1 Å². The highest BCUT2D eigenvalue weighted by atomic mass is 35.5. The first-order chi connectivity index (χ1) is 8.01. The predicted molar refractivity (Wildman–Crippen MR) is 78.0 cm³/mol. The van der Waals surface area contributed by atoms with E-state index in [-0.39, 0.29) is 30.5 Å². The molecule has 0 aliphatic heterocycles. The molecule has 0 bridgehead atoms. The molecule has 0 aliphatic rings. The Bertz CT molecular complexity index is 213. The summed E-state index contributed by atoms with van der Waals surface area (Å²) in [5.41, 5.74) is 5.64. The van der Waals surface area contributed by atoms with Gasteiger partial charge in [-0.2, -0.15) is 0 Å². The molecule has 18 heavy (non-hydrogen) atoms. The van der Waals surface area contributed by atoms with Gasteiger partial charge in [0.15, 0.2) is 0 Å². The van der Waals surface area contributed by atoms with Gasteiger partial charge >= 0.3 is 0 Å². The molecule has 1 amide bonds. The standard InChI is InChI=1S/C13H28N2O2.ClH/c1-5-6-7-17-11(4)13(16)15-12(9-14)8-10(2)3;/h10-12H,5-9,14H2,1-4H3,(H,15,16);1H. The zero-order valence-corrected chi connectivity index (χ0v) is 12.9. The van der Waals surface area contributed by atoms with Crippen LogP contribution in [-0.4, -0.2) is 31.2 Å².